The van der Waals surface area contributed by atoms with E-state index in [2.05, 4.69) is 22.1 Å². The molecule has 2 atom stereocenters. The van der Waals surface area contributed by atoms with Crippen LogP contribution in [0.4, 0.5) is 5.69 Å². The molecule has 1 aliphatic rings. The average Bonchev–Trinajstić information content (AvgIpc) is 2.47. The van der Waals surface area contributed by atoms with Crippen molar-refractivity contribution in [2.75, 3.05) is 31.6 Å². The minimum Gasteiger partial charge on any atom is -0.371 e. The summed E-state index contributed by atoms with van der Waals surface area (Å²) in [5, 5.41) is 2.60. The van der Waals surface area contributed by atoms with Crippen LogP contribution in [0.3, 0.4) is 0 Å². The standard InChI is InChI=1S/C14H22N4O/c1-10-4-6-18(9-11(10)8-15)12-3-5-17-13(7-12)14(19)16-2/h3,5,7,10-11H,4,6,8-9,15H2,1-2H3,(H,16,19). The number of aromatic nitrogens is 1. The molecule has 0 saturated carbocycles. The fourth-order valence-electron chi connectivity index (χ4n) is 2.56. The summed E-state index contributed by atoms with van der Waals surface area (Å²) in [5.74, 6) is 1.04. The van der Waals surface area contributed by atoms with Gasteiger partial charge >= 0.3 is 0 Å². The van der Waals surface area contributed by atoms with Crippen molar-refractivity contribution in [3.05, 3.63) is 24.0 Å². The predicted molar refractivity (Wildman–Crippen MR) is 76.2 cm³/mol. The molecule has 2 rings (SSSR count). The molecular formula is C14H22N4O. The van der Waals surface area contributed by atoms with Crippen molar-refractivity contribution >= 4 is 11.6 Å². The molecule has 2 unspecified atom stereocenters. The smallest absolute Gasteiger partial charge is 0.269 e. The first-order chi connectivity index (χ1) is 9.15. The summed E-state index contributed by atoms with van der Waals surface area (Å²) in [6.07, 6.45) is 2.83. The Hall–Kier alpha value is -1.62. The summed E-state index contributed by atoms with van der Waals surface area (Å²) < 4.78 is 0. The number of nitrogens with two attached hydrogens (primary N) is 1. The SMILES string of the molecule is CNC(=O)c1cc(N2CCC(C)C(CN)C2)ccn1. The summed E-state index contributed by atoms with van der Waals surface area (Å²) in [6.45, 7) is 4.94. The fourth-order valence-corrected chi connectivity index (χ4v) is 2.56. The molecule has 1 aliphatic heterocycles. The summed E-state index contributed by atoms with van der Waals surface area (Å²) in [6, 6.07) is 3.80. The number of pyridine rings is 1. The zero-order valence-corrected chi connectivity index (χ0v) is 11.6. The monoisotopic (exact) mass is 262 g/mol. The molecule has 0 bridgehead atoms. The second-order valence-corrected chi connectivity index (χ2v) is 5.19. The van der Waals surface area contributed by atoms with Crippen molar-refractivity contribution < 1.29 is 4.79 Å². The molecule has 0 radical (unpaired) electrons. The highest BCUT2D eigenvalue weighted by molar-refractivity contribution is 5.92. The van der Waals surface area contributed by atoms with Crippen molar-refractivity contribution in [1.29, 1.82) is 0 Å². The Kier molecular flexibility index (Phi) is 4.37. The fraction of sp³-hybridized carbons (Fsp3) is 0.571. The van der Waals surface area contributed by atoms with Gasteiger partial charge in [0.25, 0.3) is 5.91 Å². The Labute approximate surface area is 114 Å². The highest BCUT2D eigenvalue weighted by atomic mass is 16.1. The second kappa shape index (κ2) is 6.02. The zero-order chi connectivity index (χ0) is 13.8. The maximum Gasteiger partial charge on any atom is 0.269 e. The summed E-state index contributed by atoms with van der Waals surface area (Å²) >= 11 is 0. The number of hydrogen-bond donors (Lipinski definition) is 2. The highest BCUT2D eigenvalue weighted by Crippen LogP contribution is 2.26. The normalized spacial score (nSPS) is 23.2. The van der Waals surface area contributed by atoms with Gasteiger partial charge < -0.3 is 16.0 Å². The van der Waals surface area contributed by atoms with E-state index in [0.717, 1.165) is 25.2 Å². The average molecular weight is 262 g/mol. The maximum atomic E-state index is 11.6. The van der Waals surface area contributed by atoms with E-state index < -0.39 is 0 Å². The van der Waals surface area contributed by atoms with Crippen molar-refractivity contribution in [3.63, 3.8) is 0 Å². The number of rotatable bonds is 3. The lowest BCUT2D eigenvalue weighted by atomic mass is 9.87. The molecule has 0 aromatic carbocycles. The molecular weight excluding hydrogens is 240 g/mol. The maximum absolute atomic E-state index is 11.6. The van der Waals surface area contributed by atoms with Crippen molar-refractivity contribution in [2.24, 2.45) is 17.6 Å². The Morgan fingerprint density at radius 3 is 3.11 bits per heavy atom. The Morgan fingerprint density at radius 2 is 2.42 bits per heavy atom. The topological polar surface area (TPSA) is 71.2 Å². The Morgan fingerprint density at radius 1 is 1.63 bits per heavy atom. The lowest BCUT2D eigenvalue weighted by Crippen LogP contribution is -2.42. The van der Waals surface area contributed by atoms with Gasteiger partial charge in [0.1, 0.15) is 5.69 Å². The van der Waals surface area contributed by atoms with Gasteiger partial charge in [0, 0.05) is 32.0 Å². The van der Waals surface area contributed by atoms with E-state index in [1.165, 1.54) is 0 Å². The van der Waals surface area contributed by atoms with Crippen LogP contribution in [0.25, 0.3) is 0 Å². The second-order valence-electron chi connectivity index (χ2n) is 5.19. The molecule has 3 N–H and O–H groups in total. The van der Waals surface area contributed by atoms with E-state index in [1.807, 2.05) is 12.1 Å². The third-order valence-corrected chi connectivity index (χ3v) is 3.99. The number of carbonyl (C=O) groups excluding carboxylic acids is 1. The number of anilines is 1. The molecule has 1 fully saturated rings. The number of nitrogens with zero attached hydrogens (tertiary/aromatic N) is 2. The van der Waals surface area contributed by atoms with Crippen LogP contribution in [0, 0.1) is 11.8 Å². The van der Waals surface area contributed by atoms with Gasteiger partial charge in [0.05, 0.1) is 0 Å². The predicted octanol–water partition coefficient (Wildman–Crippen LogP) is 0.862. The molecule has 1 saturated heterocycles. The first-order valence-electron chi connectivity index (χ1n) is 6.79. The van der Waals surface area contributed by atoms with E-state index in [4.69, 9.17) is 5.73 Å². The van der Waals surface area contributed by atoms with Crippen LogP contribution in [0.15, 0.2) is 18.3 Å². The highest BCUT2D eigenvalue weighted by Gasteiger charge is 2.25. The molecule has 0 aliphatic carbocycles. The van der Waals surface area contributed by atoms with E-state index in [-0.39, 0.29) is 5.91 Å². The molecule has 1 aromatic rings. The van der Waals surface area contributed by atoms with E-state index in [1.54, 1.807) is 13.2 Å². The zero-order valence-electron chi connectivity index (χ0n) is 11.6. The molecule has 1 amide bonds. The summed E-state index contributed by atoms with van der Waals surface area (Å²) in [7, 11) is 1.61. The van der Waals surface area contributed by atoms with Gasteiger partial charge in [-0.3, -0.25) is 9.78 Å². The van der Waals surface area contributed by atoms with Crippen molar-refractivity contribution in [2.45, 2.75) is 13.3 Å². The molecule has 5 heteroatoms. The molecule has 19 heavy (non-hydrogen) atoms. The van der Waals surface area contributed by atoms with Crippen molar-refractivity contribution in [1.82, 2.24) is 10.3 Å². The van der Waals surface area contributed by atoms with Gasteiger partial charge in [-0.05, 0) is 36.9 Å². The number of hydrogen-bond acceptors (Lipinski definition) is 4. The van der Waals surface area contributed by atoms with Crippen LogP contribution in [-0.2, 0) is 0 Å². The van der Waals surface area contributed by atoms with Gasteiger partial charge in [-0.15, -0.1) is 0 Å². The van der Waals surface area contributed by atoms with Gasteiger partial charge in [-0.2, -0.15) is 0 Å². The minimum absolute atomic E-state index is 0.150. The number of amides is 1. The van der Waals surface area contributed by atoms with Gasteiger partial charge in [-0.1, -0.05) is 6.92 Å². The lowest BCUT2D eigenvalue weighted by molar-refractivity contribution is 0.0958. The van der Waals surface area contributed by atoms with Crippen LogP contribution < -0.4 is 16.0 Å². The quantitative estimate of drug-likeness (QED) is 0.847. The minimum atomic E-state index is -0.150. The third-order valence-electron chi connectivity index (χ3n) is 3.99. The first-order valence-corrected chi connectivity index (χ1v) is 6.79. The van der Waals surface area contributed by atoms with Crippen LogP contribution in [0.5, 0.6) is 0 Å². The van der Waals surface area contributed by atoms with E-state index >= 15 is 0 Å². The lowest BCUT2D eigenvalue weighted by Gasteiger charge is -2.38. The Balaban J connectivity index is 2.15. The third kappa shape index (κ3) is 3.04. The van der Waals surface area contributed by atoms with Crippen LogP contribution in [0.1, 0.15) is 23.8 Å². The van der Waals surface area contributed by atoms with Gasteiger partial charge in [-0.25, -0.2) is 0 Å². The first kappa shape index (κ1) is 13.8. The van der Waals surface area contributed by atoms with E-state index in [9.17, 15) is 4.79 Å². The van der Waals surface area contributed by atoms with Gasteiger partial charge in [0.15, 0.2) is 0 Å². The van der Waals surface area contributed by atoms with Crippen molar-refractivity contribution in [3.8, 4) is 0 Å². The molecule has 0 spiro atoms. The molecule has 2 heterocycles. The number of piperidine rings is 1. The summed E-state index contributed by atoms with van der Waals surface area (Å²) in [4.78, 5) is 18.0. The molecule has 1 aromatic heterocycles. The number of nitrogens with one attached hydrogen (secondary N) is 1. The van der Waals surface area contributed by atoms with Gasteiger partial charge in [0.2, 0.25) is 0 Å². The largest absolute Gasteiger partial charge is 0.371 e. The van der Waals surface area contributed by atoms with Crippen LogP contribution >= 0.6 is 0 Å². The van der Waals surface area contributed by atoms with Crippen LogP contribution in [0.2, 0.25) is 0 Å². The molecule has 5 nitrogen and oxygen atoms in total. The van der Waals surface area contributed by atoms with Crippen LogP contribution in [-0.4, -0.2) is 37.6 Å². The summed E-state index contributed by atoms with van der Waals surface area (Å²) in [5.41, 5.74) is 7.35. The Bertz CT molecular complexity index is 449. The molecule has 104 valence electrons. The van der Waals surface area contributed by atoms with E-state index in [0.29, 0.717) is 24.1 Å². The number of carbonyl (C=O) groups is 1.